The second-order valence-corrected chi connectivity index (χ2v) is 10.9. The Balaban J connectivity index is 1.49. The lowest BCUT2D eigenvalue weighted by atomic mass is 9.92. The number of fused-ring (bicyclic) bond motifs is 1. The van der Waals surface area contributed by atoms with Crippen molar-refractivity contribution < 1.29 is 27.5 Å². The molecule has 0 saturated heterocycles. The smallest absolute Gasteiger partial charge is 0.308 e. The molecule has 2 N–H and O–H groups in total. The number of anilines is 2. The molecule has 1 aliphatic rings. The molecule has 1 aromatic heterocycles. The highest BCUT2D eigenvalue weighted by atomic mass is 35.5. The summed E-state index contributed by atoms with van der Waals surface area (Å²) in [4.78, 5) is 40.3. The monoisotopic (exact) mass is 556 g/mol. The lowest BCUT2D eigenvalue weighted by Crippen LogP contribution is -2.41. The molecule has 10 nitrogen and oxygen atoms in total. The van der Waals surface area contributed by atoms with Gasteiger partial charge in [0, 0.05) is 25.4 Å². The molecule has 1 atom stereocenters. The predicted octanol–water partition coefficient (Wildman–Crippen LogP) is 3.55. The summed E-state index contributed by atoms with van der Waals surface area (Å²) in [6.45, 7) is 0.958. The van der Waals surface area contributed by atoms with Gasteiger partial charge in [0.25, 0.3) is 5.91 Å². The number of esters is 1. The first-order valence-electron chi connectivity index (χ1n) is 11.7. The second kappa shape index (κ2) is 11.7. The highest BCUT2D eigenvalue weighted by Gasteiger charge is 2.38. The third kappa shape index (κ3) is 6.55. The van der Waals surface area contributed by atoms with Crippen molar-refractivity contribution in [3.05, 3.63) is 83.0 Å². The lowest BCUT2D eigenvalue weighted by Gasteiger charge is -2.36. The van der Waals surface area contributed by atoms with Crippen LogP contribution in [-0.4, -0.2) is 48.6 Å². The Hall–Kier alpha value is -3.80. The van der Waals surface area contributed by atoms with Crippen LogP contribution in [0.1, 0.15) is 30.5 Å². The Morgan fingerprint density at radius 2 is 1.79 bits per heavy atom. The SMILES string of the molecule is CC(=O)Nc1ccc(S(=O)(=O)N2CCc3ccccc3C2CC(=O)OCC(=O)Nc2ccc(Cl)cn2)cc1. The third-order valence-corrected chi connectivity index (χ3v) is 8.01. The largest absolute Gasteiger partial charge is 0.456 e. The molecule has 0 bridgehead atoms. The van der Waals surface area contributed by atoms with Crippen molar-refractivity contribution in [3.8, 4) is 0 Å². The van der Waals surface area contributed by atoms with Gasteiger partial charge in [-0.15, -0.1) is 0 Å². The van der Waals surface area contributed by atoms with Crippen LogP contribution in [0.25, 0.3) is 0 Å². The molecule has 1 aliphatic heterocycles. The van der Waals surface area contributed by atoms with E-state index in [0.717, 1.165) is 5.56 Å². The van der Waals surface area contributed by atoms with E-state index >= 15 is 0 Å². The molecule has 4 rings (SSSR count). The molecule has 0 radical (unpaired) electrons. The standard InChI is InChI=1S/C26H25ClN4O6S/c1-17(32)29-20-7-9-21(10-8-20)38(35,36)31-13-12-18-4-2-3-5-22(18)23(31)14-26(34)37-16-25(33)30-24-11-6-19(27)15-28-24/h2-11,15,23H,12-14,16H2,1H3,(H,29,32)(H,28,30,33). The number of sulfonamides is 1. The molecule has 0 saturated carbocycles. The lowest BCUT2D eigenvalue weighted by molar-refractivity contribution is -0.148. The zero-order chi connectivity index (χ0) is 27.3. The number of aromatic nitrogens is 1. The van der Waals surface area contributed by atoms with Crippen molar-refractivity contribution >= 4 is 50.9 Å². The van der Waals surface area contributed by atoms with E-state index < -0.39 is 34.5 Å². The minimum absolute atomic E-state index is 0.0270. The number of halogens is 1. The Kier molecular flexibility index (Phi) is 8.40. The van der Waals surface area contributed by atoms with Crippen molar-refractivity contribution in [2.24, 2.45) is 0 Å². The average Bonchev–Trinajstić information content (AvgIpc) is 2.89. The third-order valence-electron chi connectivity index (χ3n) is 5.86. The Morgan fingerprint density at radius 1 is 1.05 bits per heavy atom. The van der Waals surface area contributed by atoms with E-state index in [9.17, 15) is 22.8 Å². The van der Waals surface area contributed by atoms with E-state index in [1.54, 1.807) is 18.2 Å². The molecule has 0 spiro atoms. The molecule has 0 fully saturated rings. The van der Waals surface area contributed by atoms with Crippen LogP contribution in [0.4, 0.5) is 11.5 Å². The van der Waals surface area contributed by atoms with E-state index in [1.165, 1.54) is 47.8 Å². The van der Waals surface area contributed by atoms with Crippen molar-refractivity contribution in [2.45, 2.75) is 30.7 Å². The zero-order valence-corrected chi connectivity index (χ0v) is 22.0. The van der Waals surface area contributed by atoms with Crippen LogP contribution in [0.5, 0.6) is 0 Å². The summed E-state index contributed by atoms with van der Waals surface area (Å²) in [5.74, 6) is -1.35. The highest BCUT2D eigenvalue weighted by Crippen LogP contribution is 2.36. The van der Waals surface area contributed by atoms with Crippen LogP contribution >= 0.6 is 11.6 Å². The van der Waals surface area contributed by atoms with Gasteiger partial charge < -0.3 is 15.4 Å². The quantitative estimate of drug-likeness (QED) is 0.405. The van der Waals surface area contributed by atoms with E-state index in [4.69, 9.17) is 16.3 Å². The summed E-state index contributed by atoms with van der Waals surface area (Å²) in [6, 6.07) is 15.4. The molecule has 2 aromatic carbocycles. The fourth-order valence-corrected chi connectivity index (χ4v) is 5.89. The molecule has 2 amide bonds. The number of carbonyl (C=O) groups excluding carboxylic acids is 3. The number of rotatable bonds is 8. The molecule has 0 aliphatic carbocycles. The normalized spacial score (nSPS) is 15.3. The molecular formula is C26H25ClN4O6S. The van der Waals surface area contributed by atoms with Gasteiger partial charge in [-0.05, 0) is 53.9 Å². The van der Waals surface area contributed by atoms with E-state index in [1.807, 2.05) is 12.1 Å². The molecule has 2 heterocycles. The van der Waals surface area contributed by atoms with Gasteiger partial charge in [-0.3, -0.25) is 14.4 Å². The number of carbonyl (C=O) groups is 3. The highest BCUT2D eigenvalue weighted by molar-refractivity contribution is 7.89. The van der Waals surface area contributed by atoms with Crippen LogP contribution in [0.2, 0.25) is 5.02 Å². The number of nitrogens with zero attached hydrogens (tertiary/aromatic N) is 2. The summed E-state index contributed by atoms with van der Waals surface area (Å²) >= 11 is 5.78. The van der Waals surface area contributed by atoms with E-state index in [0.29, 0.717) is 22.7 Å². The van der Waals surface area contributed by atoms with Crippen molar-refractivity contribution in [1.82, 2.24) is 9.29 Å². The fourth-order valence-electron chi connectivity index (χ4n) is 4.17. The maximum atomic E-state index is 13.6. The van der Waals surface area contributed by atoms with Crippen LogP contribution in [0.15, 0.2) is 71.8 Å². The fraction of sp³-hybridized carbons (Fsp3) is 0.231. The number of benzene rings is 2. The first-order valence-corrected chi connectivity index (χ1v) is 13.5. The zero-order valence-electron chi connectivity index (χ0n) is 20.4. The Labute approximate surface area is 225 Å². The Morgan fingerprint density at radius 3 is 2.47 bits per heavy atom. The average molecular weight is 557 g/mol. The second-order valence-electron chi connectivity index (χ2n) is 8.56. The minimum Gasteiger partial charge on any atom is -0.456 e. The first-order chi connectivity index (χ1) is 18.1. The van der Waals surface area contributed by atoms with Crippen molar-refractivity contribution in [2.75, 3.05) is 23.8 Å². The van der Waals surface area contributed by atoms with Gasteiger partial charge >= 0.3 is 5.97 Å². The number of hydrogen-bond donors (Lipinski definition) is 2. The van der Waals surface area contributed by atoms with Gasteiger partial charge in [0.05, 0.1) is 22.4 Å². The number of pyridine rings is 1. The molecule has 1 unspecified atom stereocenters. The molecular weight excluding hydrogens is 532 g/mol. The maximum Gasteiger partial charge on any atom is 0.308 e. The van der Waals surface area contributed by atoms with Gasteiger partial charge in [-0.2, -0.15) is 4.31 Å². The van der Waals surface area contributed by atoms with Gasteiger partial charge in [0.2, 0.25) is 15.9 Å². The summed E-state index contributed by atoms with van der Waals surface area (Å²) in [6.07, 6.45) is 1.56. The summed E-state index contributed by atoms with van der Waals surface area (Å²) in [7, 11) is -4.01. The summed E-state index contributed by atoms with van der Waals surface area (Å²) in [5.41, 5.74) is 2.10. The number of amides is 2. The van der Waals surface area contributed by atoms with Crippen molar-refractivity contribution in [3.63, 3.8) is 0 Å². The van der Waals surface area contributed by atoms with Gasteiger partial charge in [0.15, 0.2) is 6.61 Å². The topological polar surface area (TPSA) is 135 Å². The Bertz CT molecular complexity index is 1450. The molecule has 38 heavy (non-hydrogen) atoms. The van der Waals surface area contributed by atoms with Crippen molar-refractivity contribution in [1.29, 1.82) is 0 Å². The molecule has 12 heteroatoms. The van der Waals surface area contributed by atoms with E-state index in [2.05, 4.69) is 15.6 Å². The summed E-state index contributed by atoms with van der Waals surface area (Å²) < 4.78 is 33.7. The number of ether oxygens (including phenoxy) is 1. The van der Waals surface area contributed by atoms with Crippen LogP contribution in [-0.2, 0) is 35.6 Å². The van der Waals surface area contributed by atoms with Gasteiger partial charge in [-0.1, -0.05) is 35.9 Å². The minimum atomic E-state index is -4.01. The first kappa shape index (κ1) is 27.2. The van der Waals surface area contributed by atoms with E-state index in [-0.39, 0.29) is 29.6 Å². The van der Waals surface area contributed by atoms with Crippen LogP contribution < -0.4 is 10.6 Å². The maximum absolute atomic E-state index is 13.6. The van der Waals surface area contributed by atoms with Crippen LogP contribution in [0, 0.1) is 0 Å². The van der Waals surface area contributed by atoms with Gasteiger partial charge in [0.1, 0.15) is 5.82 Å². The predicted molar refractivity (Wildman–Crippen MR) is 141 cm³/mol. The number of hydrogen-bond acceptors (Lipinski definition) is 7. The van der Waals surface area contributed by atoms with Crippen LogP contribution in [0.3, 0.4) is 0 Å². The molecule has 3 aromatic rings. The van der Waals surface area contributed by atoms with Gasteiger partial charge in [-0.25, -0.2) is 13.4 Å². The summed E-state index contributed by atoms with van der Waals surface area (Å²) in [5, 5.41) is 5.50. The molecule has 198 valence electrons. The number of nitrogens with one attached hydrogen (secondary N) is 2.